The Bertz CT molecular complexity index is 1050. The average molecular weight is 340 g/mol. The average Bonchev–Trinajstić information content (AvgIpc) is 3.31. The van der Waals surface area contributed by atoms with E-state index in [9.17, 15) is 19.5 Å². The van der Waals surface area contributed by atoms with E-state index in [1.807, 2.05) is 0 Å². The summed E-state index contributed by atoms with van der Waals surface area (Å²) in [7, 11) is 0. The highest BCUT2D eigenvalue weighted by molar-refractivity contribution is 6.02. The zero-order valence-electron chi connectivity index (χ0n) is 13.2. The molecule has 8 nitrogen and oxygen atoms in total. The van der Waals surface area contributed by atoms with Gasteiger partial charge in [-0.15, -0.1) is 0 Å². The van der Waals surface area contributed by atoms with Crippen LogP contribution in [0.4, 0.5) is 0 Å². The number of aromatic amines is 1. The van der Waals surface area contributed by atoms with E-state index < -0.39 is 17.9 Å². The zero-order chi connectivity index (χ0) is 17.6. The van der Waals surface area contributed by atoms with Gasteiger partial charge < -0.3 is 15.4 Å². The molecule has 2 aromatic heterocycles. The maximum absolute atomic E-state index is 12.5. The van der Waals surface area contributed by atoms with E-state index in [2.05, 4.69) is 15.4 Å². The molecule has 0 saturated heterocycles. The molecule has 4 rings (SSSR count). The Morgan fingerprint density at radius 3 is 2.84 bits per heavy atom. The van der Waals surface area contributed by atoms with Crippen LogP contribution < -0.4 is 10.9 Å². The van der Waals surface area contributed by atoms with E-state index in [1.165, 1.54) is 10.7 Å². The van der Waals surface area contributed by atoms with Gasteiger partial charge >= 0.3 is 5.97 Å². The lowest BCUT2D eigenvalue weighted by molar-refractivity contribution is -0.139. The molecule has 128 valence electrons. The van der Waals surface area contributed by atoms with E-state index in [4.69, 9.17) is 0 Å². The van der Waals surface area contributed by atoms with Crippen molar-refractivity contribution in [3.05, 3.63) is 46.4 Å². The number of aliphatic carboxylic acids is 1. The molecule has 1 aliphatic carbocycles. The third-order valence-corrected chi connectivity index (χ3v) is 4.49. The van der Waals surface area contributed by atoms with Gasteiger partial charge in [-0.25, -0.2) is 9.31 Å². The minimum absolute atomic E-state index is 0.143. The molecule has 0 bridgehead atoms. The summed E-state index contributed by atoms with van der Waals surface area (Å²) >= 11 is 0. The molecule has 0 spiro atoms. The van der Waals surface area contributed by atoms with Crippen molar-refractivity contribution in [3.63, 3.8) is 0 Å². The number of carbonyl (C=O) groups is 2. The Hall–Kier alpha value is -3.16. The molecule has 8 heteroatoms. The van der Waals surface area contributed by atoms with Crippen LogP contribution in [0.3, 0.4) is 0 Å². The monoisotopic (exact) mass is 340 g/mol. The van der Waals surface area contributed by atoms with Crippen molar-refractivity contribution >= 4 is 28.4 Å². The maximum atomic E-state index is 12.5. The van der Waals surface area contributed by atoms with E-state index in [0.29, 0.717) is 23.2 Å². The van der Waals surface area contributed by atoms with Crippen LogP contribution in [0.15, 0.2) is 35.3 Å². The predicted molar refractivity (Wildman–Crippen MR) is 89.5 cm³/mol. The molecular formula is C17H16N4O4. The quantitative estimate of drug-likeness (QED) is 0.644. The molecule has 1 atom stereocenters. The highest BCUT2D eigenvalue weighted by atomic mass is 16.4. The second-order valence-electron chi connectivity index (χ2n) is 6.33. The zero-order valence-corrected chi connectivity index (χ0v) is 13.2. The Morgan fingerprint density at radius 2 is 2.12 bits per heavy atom. The molecule has 1 aliphatic rings. The molecule has 1 fully saturated rings. The van der Waals surface area contributed by atoms with Gasteiger partial charge in [-0.3, -0.25) is 9.59 Å². The van der Waals surface area contributed by atoms with Crippen LogP contribution in [0.5, 0.6) is 0 Å². The third kappa shape index (κ3) is 2.75. The molecule has 3 aromatic rings. The van der Waals surface area contributed by atoms with Gasteiger partial charge in [0.15, 0.2) is 0 Å². The number of para-hydroxylation sites is 1. The first-order valence-corrected chi connectivity index (χ1v) is 8.07. The van der Waals surface area contributed by atoms with Gasteiger partial charge in [0, 0.05) is 0 Å². The minimum Gasteiger partial charge on any atom is -0.480 e. The van der Waals surface area contributed by atoms with Gasteiger partial charge in [-0.05, 0) is 24.5 Å². The number of amides is 1. The molecule has 3 N–H and O–H groups in total. The second-order valence-corrected chi connectivity index (χ2v) is 6.33. The summed E-state index contributed by atoms with van der Waals surface area (Å²) in [4.78, 5) is 38.8. The molecular weight excluding hydrogens is 324 g/mol. The van der Waals surface area contributed by atoms with Crippen molar-refractivity contribution in [1.82, 2.24) is 19.9 Å². The van der Waals surface area contributed by atoms with E-state index >= 15 is 0 Å². The van der Waals surface area contributed by atoms with Crippen molar-refractivity contribution in [1.29, 1.82) is 0 Å². The Kier molecular flexibility index (Phi) is 3.52. The van der Waals surface area contributed by atoms with Crippen molar-refractivity contribution in [2.75, 3.05) is 0 Å². The van der Waals surface area contributed by atoms with Crippen LogP contribution in [-0.4, -0.2) is 37.6 Å². The third-order valence-electron chi connectivity index (χ3n) is 4.49. The summed E-state index contributed by atoms with van der Waals surface area (Å²) in [6.07, 6.45) is 3.74. The number of carbonyl (C=O) groups excluding carboxylic acids is 1. The molecule has 0 radical (unpaired) electrons. The van der Waals surface area contributed by atoms with Crippen LogP contribution in [0, 0.1) is 5.92 Å². The van der Waals surface area contributed by atoms with Crippen LogP contribution in [-0.2, 0) is 4.79 Å². The molecule has 2 heterocycles. The number of aromatic nitrogens is 3. The number of hydrogen-bond donors (Lipinski definition) is 3. The van der Waals surface area contributed by atoms with Crippen molar-refractivity contribution < 1.29 is 14.7 Å². The highest BCUT2D eigenvalue weighted by Crippen LogP contribution is 2.33. The number of nitrogens with one attached hydrogen (secondary N) is 2. The van der Waals surface area contributed by atoms with E-state index in [1.54, 1.807) is 24.3 Å². The number of rotatable bonds is 5. The smallest absolute Gasteiger partial charge is 0.326 e. The second kappa shape index (κ2) is 5.73. The highest BCUT2D eigenvalue weighted by Gasteiger charge is 2.31. The van der Waals surface area contributed by atoms with Crippen LogP contribution in [0.25, 0.3) is 16.6 Å². The van der Waals surface area contributed by atoms with Gasteiger partial charge in [0.25, 0.3) is 11.5 Å². The normalized spacial score (nSPS) is 15.4. The van der Waals surface area contributed by atoms with Gasteiger partial charge in [0.2, 0.25) is 0 Å². The van der Waals surface area contributed by atoms with E-state index in [0.717, 1.165) is 12.8 Å². The molecule has 25 heavy (non-hydrogen) atoms. The molecule has 1 aromatic carbocycles. The van der Waals surface area contributed by atoms with Crippen molar-refractivity contribution in [2.45, 2.75) is 25.3 Å². The fourth-order valence-corrected chi connectivity index (χ4v) is 2.99. The summed E-state index contributed by atoms with van der Waals surface area (Å²) in [5.41, 5.74) is 0.639. The number of carboxylic acid groups (broad SMARTS) is 1. The number of hydrogen-bond acceptors (Lipinski definition) is 4. The lowest BCUT2D eigenvalue weighted by Crippen LogP contribution is -2.41. The first-order chi connectivity index (χ1) is 12.0. The standard InChI is InChI=1S/C17H16N4O4/c22-15-10-3-1-2-4-13(10)21-14(20-15)11(8-18-21)16(23)19-12(17(24)25)7-9-5-6-9/h1-4,8-9,12H,5-7H2,(H,19,23)(H,20,22)(H,24,25). The number of benzene rings is 1. The lowest BCUT2D eigenvalue weighted by Gasteiger charge is -2.13. The molecule has 1 saturated carbocycles. The molecule has 0 aliphatic heterocycles. The largest absolute Gasteiger partial charge is 0.480 e. The van der Waals surface area contributed by atoms with Gasteiger partial charge in [0.1, 0.15) is 17.3 Å². The number of fused-ring (bicyclic) bond motifs is 3. The van der Waals surface area contributed by atoms with Gasteiger partial charge in [-0.2, -0.15) is 5.10 Å². The van der Waals surface area contributed by atoms with Gasteiger partial charge in [-0.1, -0.05) is 25.0 Å². The minimum atomic E-state index is -1.06. The Morgan fingerprint density at radius 1 is 1.36 bits per heavy atom. The summed E-state index contributed by atoms with van der Waals surface area (Å²) in [6.45, 7) is 0. The number of nitrogens with zero attached hydrogens (tertiary/aromatic N) is 2. The van der Waals surface area contributed by atoms with Gasteiger partial charge in [0.05, 0.1) is 17.1 Å². The number of carboxylic acids is 1. The van der Waals surface area contributed by atoms with Crippen molar-refractivity contribution in [3.8, 4) is 0 Å². The van der Waals surface area contributed by atoms with E-state index in [-0.39, 0.29) is 16.8 Å². The fourth-order valence-electron chi connectivity index (χ4n) is 2.99. The predicted octanol–water partition coefficient (Wildman–Crippen LogP) is 1.16. The number of H-pyrrole nitrogens is 1. The lowest BCUT2D eigenvalue weighted by atomic mass is 10.1. The fraction of sp³-hybridized carbons (Fsp3) is 0.294. The van der Waals surface area contributed by atoms with Crippen LogP contribution in [0.2, 0.25) is 0 Å². The van der Waals surface area contributed by atoms with Crippen molar-refractivity contribution in [2.24, 2.45) is 5.92 Å². The topological polar surface area (TPSA) is 117 Å². The van der Waals surface area contributed by atoms with Crippen LogP contribution >= 0.6 is 0 Å². The first-order valence-electron chi connectivity index (χ1n) is 8.07. The summed E-state index contributed by atoms with van der Waals surface area (Å²) in [5.74, 6) is -1.27. The molecule has 1 unspecified atom stereocenters. The molecule has 1 amide bonds. The van der Waals surface area contributed by atoms with Crippen LogP contribution in [0.1, 0.15) is 29.6 Å². The Labute approximate surface area is 141 Å². The first kappa shape index (κ1) is 15.4. The Balaban J connectivity index is 1.72. The SMILES string of the molecule is O=C(NC(CC1CC1)C(=O)O)c1cnn2c1[nH]c(=O)c1ccccc12. The summed E-state index contributed by atoms with van der Waals surface area (Å²) in [6, 6.07) is 5.99. The summed E-state index contributed by atoms with van der Waals surface area (Å²) < 4.78 is 1.47. The summed E-state index contributed by atoms with van der Waals surface area (Å²) in [5, 5.41) is 16.5. The maximum Gasteiger partial charge on any atom is 0.326 e.